The molecule has 1 aliphatic heterocycles. The van der Waals surface area contributed by atoms with Crippen LogP contribution in [0.15, 0.2) is 42.9 Å². The van der Waals surface area contributed by atoms with Gasteiger partial charge in [-0.1, -0.05) is 12.1 Å². The fraction of sp³-hybridized carbons (Fsp3) is 0.333. The van der Waals surface area contributed by atoms with E-state index in [1.54, 1.807) is 24.5 Å². The number of carbonyl (C=O) groups is 1. The number of piperidine rings is 1. The van der Waals surface area contributed by atoms with E-state index in [4.69, 9.17) is 10.1 Å². The van der Waals surface area contributed by atoms with E-state index in [-0.39, 0.29) is 0 Å². The number of aromatic carboxylic acids is 1. The maximum Gasteiger partial charge on any atom is 0.335 e. The van der Waals surface area contributed by atoms with Crippen LogP contribution in [-0.2, 0) is 6.54 Å². The van der Waals surface area contributed by atoms with Gasteiger partial charge in [-0.15, -0.1) is 0 Å². The van der Waals surface area contributed by atoms with Crippen LogP contribution in [0.3, 0.4) is 0 Å². The Balaban J connectivity index is 1.45. The van der Waals surface area contributed by atoms with Crippen LogP contribution in [0.4, 0.5) is 0 Å². The Labute approximate surface area is 163 Å². The van der Waals surface area contributed by atoms with Gasteiger partial charge in [-0.25, -0.2) is 14.8 Å². The van der Waals surface area contributed by atoms with Crippen LogP contribution in [0.5, 0.6) is 0 Å². The Morgan fingerprint density at radius 2 is 2.07 bits per heavy atom. The molecular weight excluding hydrogens is 354 g/mol. The number of hydrogen-bond donors (Lipinski definition) is 2. The summed E-state index contributed by atoms with van der Waals surface area (Å²) in [5.74, 6) is 0.184. The quantitative estimate of drug-likeness (QED) is 0.709. The van der Waals surface area contributed by atoms with E-state index in [0.29, 0.717) is 11.5 Å². The summed E-state index contributed by atoms with van der Waals surface area (Å²) in [7, 11) is 0. The van der Waals surface area contributed by atoms with Crippen LogP contribution < -0.4 is 0 Å². The average Bonchev–Trinajstić information content (AvgIpc) is 3.15. The summed E-state index contributed by atoms with van der Waals surface area (Å²) in [6.07, 6.45) is 7.58. The fourth-order valence-corrected chi connectivity index (χ4v) is 3.69. The van der Waals surface area contributed by atoms with Gasteiger partial charge >= 0.3 is 5.97 Å². The number of rotatable bonds is 5. The number of carboxylic acid groups (broad SMARTS) is 1. The lowest BCUT2D eigenvalue weighted by Crippen LogP contribution is -2.34. The second-order valence-electron chi connectivity index (χ2n) is 7.32. The van der Waals surface area contributed by atoms with Crippen molar-refractivity contribution in [3.63, 3.8) is 0 Å². The number of hydrogen-bond acceptors (Lipinski definition) is 5. The molecule has 3 aromatic rings. The highest BCUT2D eigenvalue weighted by Gasteiger charge is 2.23. The Bertz CT molecular complexity index is 967. The van der Waals surface area contributed by atoms with Gasteiger partial charge in [-0.2, -0.15) is 0 Å². The molecule has 7 heteroatoms. The molecule has 0 spiro atoms. The Hall–Kier alpha value is -3.06. The Morgan fingerprint density at radius 3 is 2.79 bits per heavy atom. The summed E-state index contributed by atoms with van der Waals surface area (Å²) < 4.78 is 0. The predicted molar refractivity (Wildman–Crippen MR) is 105 cm³/mol. The number of nitrogens with zero attached hydrogens (tertiary/aromatic N) is 4. The minimum atomic E-state index is -0.894. The molecule has 1 atom stereocenters. The molecule has 0 radical (unpaired) electrons. The summed E-state index contributed by atoms with van der Waals surface area (Å²) in [5.41, 5.74) is 4.21. The normalized spacial score (nSPS) is 17.5. The molecular formula is C21H23N5O2. The van der Waals surface area contributed by atoms with Gasteiger partial charge in [-0.3, -0.25) is 9.88 Å². The fourth-order valence-electron chi connectivity index (χ4n) is 3.69. The first-order valence-corrected chi connectivity index (χ1v) is 9.47. The summed E-state index contributed by atoms with van der Waals surface area (Å²) in [5, 5.41) is 9.03. The van der Waals surface area contributed by atoms with Crippen LogP contribution in [0.25, 0.3) is 11.5 Å². The van der Waals surface area contributed by atoms with Gasteiger partial charge in [0, 0.05) is 37.1 Å². The van der Waals surface area contributed by atoms with Crippen molar-refractivity contribution in [1.29, 1.82) is 0 Å². The van der Waals surface area contributed by atoms with Crippen molar-refractivity contribution in [3.8, 4) is 11.5 Å². The SMILES string of the molecule is Cc1cnc(-c2cncc(C3CCCN(Cc4ccc(C(=O)O)cc4)C3)n2)[nH]1. The lowest BCUT2D eigenvalue weighted by atomic mass is 9.94. The van der Waals surface area contributed by atoms with Gasteiger partial charge in [-0.05, 0) is 44.0 Å². The molecule has 1 aliphatic rings. The van der Waals surface area contributed by atoms with Gasteiger partial charge in [0.15, 0.2) is 5.82 Å². The molecule has 2 aromatic heterocycles. The molecule has 0 bridgehead atoms. The molecule has 1 saturated heterocycles. The Morgan fingerprint density at radius 1 is 1.25 bits per heavy atom. The van der Waals surface area contributed by atoms with E-state index in [9.17, 15) is 4.79 Å². The summed E-state index contributed by atoms with van der Waals surface area (Å²) in [6, 6.07) is 7.12. The monoisotopic (exact) mass is 377 g/mol. The van der Waals surface area contributed by atoms with E-state index in [1.165, 1.54) is 0 Å². The molecule has 4 rings (SSSR count). The zero-order valence-electron chi connectivity index (χ0n) is 15.8. The highest BCUT2D eigenvalue weighted by Crippen LogP contribution is 2.27. The molecule has 0 saturated carbocycles. The third-order valence-electron chi connectivity index (χ3n) is 5.13. The zero-order valence-corrected chi connectivity index (χ0v) is 15.8. The number of aromatic nitrogens is 4. The number of likely N-dealkylation sites (tertiary alicyclic amines) is 1. The lowest BCUT2D eigenvalue weighted by molar-refractivity contribution is 0.0697. The second kappa shape index (κ2) is 7.90. The number of benzene rings is 1. The van der Waals surface area contributed by atoms with E-state index in [2.05, 4.69) is 19.9 Å². The standard InChI is InChI=1S/C21H23N5O2/c1-14-9-23-20(24-14)19-11-22-10-18(25-19)17-3-2-8-26(13-17)12-15-4-6-16(7-5-15)21(27)28/h4-7,9-11,17H,2-3,8,12-13H2,1H3,(H,23,24)(H,27,28). The number of carboxylic acids is 1. The third-order valence-corrected chi connectivity index (χ3v) is 5.13. The molecule has 1 unspecified atom stereocenters. The maximum atomic E-state index is 11.0. The van der Waals surface area contributed by atoms with Gasteiger partial charge in [0.2, 0.25) is 0 Å². The number of H-pyrrole nitrogens is 1. The molecule has 3 heterocycles. The largest absolute Gasteiger partial charge is 0.478 e. The smallest absolute Gasteiger partial charge is 0.335 e. The first-order chi connectivity index (χ1) is 13.6. The molecule has 1 aromatic carbocycles. The molecule has 0 amide bonds. The summed E-state index contributed by atoms with van der Waals surface area (Å²) >= 11 is 0. The van der Waals surface area contributed by atoms with Gasteiger partial charge < -0.3 is 10.1 Å². The number of imidazole rings is 1. The number of nitrogens with one attached hydrogen (secondary N) is 1. The second-order valence-corrected chi connectivity index (χ2v) is 7.32. The van der Waals surface area contributed by atoms with Crippen molar-refractivity contribution < 1.29 is 9.90 Å². The first kappa shape index (κ1) is 18.3. The predicted octanol–water partition coefficient (Wildman–Crippen LogP) is 3.25. The third kappa shape index (κ3) is 4.09. The molecule has 1 fully saturated rings. The van der Waals surface area contributed by atoms with E-state index < -0.39 is 5.97 Å². The van der Waals surface area contributed by atoms with Crippen molar-refractivity contribution in [2.75, 3.05) is 13.1 Å². The van der Waals surface area contributed by atoms with Crippen molar-refractivity contribution in [3.05, 3.63) is 65.4 Å². The highest BCUT2D eigenvalue weighted by molar-refractivity contribution is 5.87. The van der Waals surface area contributed by atoms with E-state index in [0.717, 1.165) is 60.9 Å². The van der Waals surface area contributed by atoms with Gasteiger partial charge in [0.05, 0.1) is 17.5 Å². The van der Waals surface area contributed by atoms with Gasteiger partial charge in [0.25, 0.3) is 0 Å². The topological polar surface area (TPSA) is 95.0 Å². The molecule has 28 heavy (non-hydrogen) atoms. The van der Waals surface area contributed by atoms with Crippen molar-refractivity contribution >= 4 is 5.97 Å². The first-order valence-electron chi connectivity index (χ1n) is 9.47. The lowest BCUT2D eigenvalue weighted by Gasteiger charge is -2.32. The summed E-state index contributed by atoms with van der Waals surface area (Å²) in [4.78, 5) is 30.2. The number of aromatic amines is 1. The average molecular weight is 377 g/mol. The molecule has 2 N–H and O–H groups in total. The van der Waals surface area contributed by atoms with Crippen LogP contribution in [0.2, 0.25) is 0 Å². The van der Waals surface area contributed by atoms with Crippen LogP contribution >= 0.6 is 0 Å². The van der Waals surface area contributed by atoms with Crippen LogP contribution in [0, 0.1) is 6.92 Å². The van der Waals surface area contributed by atoms with Crippen molar-refractivity contribution in [2.45, 2.75) is 32.2 Å². The van der Waals surface area contributed by atoms with E-state index >= 15 is 0 Å². The minimum Gasteiger partial charge on any atom is -0.478 e. The van der Waals surface area contributed by atoms with Crippen LogP contribution in [-0.4, -0.2) is 49.0 Å². The number of aryl methyl sites for hydroxylation is 1. The zero-order chi connectivity index (χ0) is 19.5. The van der Waals surface area contributed by atoms with E-state index in [1.807, 2.05) is 25.3 Å². The minimum absolute atomic E-state index is 0.320. The molecule has 144 valence electrons. The van der Waals surface area contributed by atoms with Crippen molar-refractivity contribution in [2.24, 2.45) is 0 Å². The maximum absolute atomic E-state index is 11.0. The van der Waals surface area contributed by atoms with Crippen molar-refractivity contribution in [1.82, 2.24) is 24.8 Å². The molecule has 7 nitrogen and oxygen atoms in total. The molecule has 0 aliphatic carbocycles. The summed E-state index contributed by atoms with van der Waals surface area (Å²) in [6.45, 7) is 4.72. The Kier molecular flexibility index (Phi) is 5.16. The van der Waals surface area contributed by atoms with Gasteiger partial charge in [0.1, 0.15) is 5.69 Å². The van der Waals surface area contributed by atoms with Crippen LogP contribution in [0.1, 0.15) is 46.1 Å². The highest BCUT2D eigenvalue weighted by atomic mass is 16.4.